The summed E-state index contributed by atoms with van der Waals surface area (Å²) in [5.74, 6) is 0.869. The Morgan fingerprint density at radius 3 is 3.08 bits per heavy atom. The molecule has 0 radical (unpaired) electrons. The van der Waals surface area contributed by atoms with Crippen molar-refractivity contribution in [1.29, 1.82) is 0 Å². The first kappa shape index (κ1) is 17.5. The Kier molecular flexibility index (Phi) is 6.11. The number of piperidine rings is 1. The van der Waals surface area contributed by atoms with Gasteiger partial charge in [-0.2, -0.15) is 4.98 Å². The molecule has 0 spiro atoms. The molecule has 0 saturated carbocycles. The molecule has 1 aromatic carbocycles. The quantitative estimate of drug-likeness (QED) is 0.834. The average molecular weight is 346 g/mol. The lowest BCUT2D eigenvalue weighted by Crippen LogP contribution is -2.35. The van der Waals surface area contributed by atoms with Gasteiger partial charge in [-0.3, -0.25) is 9.69 Å². The summed E-state index contributed by atoms with van der Waals surface area (Å²) in [6, 6.07) is 6.50. The molecule has 0 aliphatic carbocycles. The first-order chi connectivity index (χ1) is 12.2. The number of rotatable bonds is 7. The van der Waals surface area contributed by atoms with Crippen molar-refractivity contribution in [2.45, 2.75) is 38.8 Å². The highest BCUT2D eigenvalue weighted by Gasteiger charge is 2.21. The number of amides is 1. The standard InChI is InChI=1S/C18H23FN4O2/c19-16-6-2-1-5-15(16)10-20-18(24)8-7-14-4-3-9-23(11-14)12-17-21-13-25-22-17/h1-2,5-6,13-14H,3-4,7-12H2,(H,20,24)/t14-/m1/s1. The summed E-state index contributed by atoms with van der Waals surface area (Å²) in [6.45, 7) is 2.88. The number of hydrogen-bond acceptors (Lipinski definition) is 5. The third-order valence-electron chi connectivity index (χ3n) is 4.59. The van der Waals surface area contributed by atoms with E-state index < -0.39 is 0 Å². The third kappa shape index (κ3) is 5.35. The Morgan fingerprint density at radius 1 is 1.40 bits per heavy atom. The van der Waals surface area contributed by atoms with Gasteiger partial charge < -0.3 is 9.84 Å². The maximum Gasteiger partial charge on any atom is 0.220 e. The van der Waals surface area contributed by atoms with Gasteiger partial charge in [0.05, 0.1) is 6.54 Å². The minimum absolute atomic E-state index is 0.0291. The zero-order valence-corrected chi connectivity index (χ0v) is 14.2. The van der Waals surface area contributed by atoms with E-state index >= 15 is 0 Å². The van der Waals surface area contributed by atoms with E-state index in [9.17, 15) is 9.18 Å². The van der Waals surface area contributed by atoms with E-state index in [0.29, 0.717) is 30.3 Å². The Balaban J connectivity index is 1.38. The summed E-state index contributed by atoms with van der Waals surface area (Å²) in [7, 11) is 0. The van der Waals surface area contributed by atoms with Crippen molar-refractivity contribution in [3.63, 3.8) is 0 Å². The summed E-state index contributed by atoms with van der Waals surface area (Å²) in [6.07, 6.45) is 4.89. The van der Waals surface area contributed by atoms with Crippen LogP contribution in [-0.2, 0) is 17.9 Å². The maximum atomic E-state index is 13.5. The molecule has 1 N–H and O–H groups in total. The topological polar surface area (TPSA) is 71.3 Å². The Bertz CT molecular complexity index is 677. The van der Waals surface area contributed by atoms with Gasteiger partial charge >= 0.3 is 0 Å². The molecule has 1 aliphatic rings. The van der Waals surface area contributed by atoms with Gasteiger partial charge in [-0.1, -0.05) is 23.4 Å². The number of carbonyl (C=O) groups excluding carboxylic acids is 1. The van der Waals surface area contributed by atoms with Gasteiger partial charge in [-0.05, 0) is 37.8 Å². The minimum Gasteiger partial charge on any atom is -0.352 e. The van der Waals surface area contributed by atoms with E-state index in [1.54, 1.807) is 18.2 Å². The van der Waals surface area contributed by atoms with Crippen molar-refractivity contribution in [3.05, 3.63) is 47.9 Å². The highest BCUT2D eigenvalue weighted by molar-refractivity contribution is 5.75. The van der Waals surface area contributed by atoms with Crippen molar-refractivity contribution in [2.75, 3.05) is 13.1 Å². The van der Waals surface area contributed by atoms with E-state index in [0.717, 1.165) is 32.4 Å². The minimum atomic E-state index is -0.285. The lowest BCUT2D eigenvalue weighted by atomic mass is 9.93. The number of halogens is 1. The molecule has 7 heteroatoms. The molecule has 1 aliphatic heterocycles. The molecule has 1 aromatic heterocycles. The van der Waals surface area contributed by atoms with Crippen LogP contribution in [-0.4, -0.2) is 34.0 Å². The monoisotopic (exact) mass is 346 g/mol. The van der Waals surface area contributed by atoms with Crippen LogP contribution >= 0.6 is 0 Å². The molecule has 2 heterocycles. The number of carbonyl (C=O) groups is 1. The van der Waals surface area contributed by atoms with Crippen molar-refractivity contribution >= 4 is 5.91 Å². The van der Waals surface area contributed by atoms with Crippen molar-refractivity contribution in [3.8, 4) is 0 Å². The predicted octanol–water partition coefficient (Wildman–Crippen LogP) is 2.52. The number of nitrogens with zero attached hydrogens (tertiary/aromatic N) is 3. The largest absolute Gasteiger partial charge is 0.352 e. The van der Waals surface area contributed by atoms with Crippen LogP contribution in [0.4, 0.5) is 4.39 Å². The molecular formula is C18H23FN4O2. The second-order valence-electron chi connectivity index (χ2n) is 6.50. The maximum absolute atomic E-state index is 13.5. The molecule has 1 atom stereocenters. The van der Waals surface area contributed by atoms with Crippen LogP contribution in [0.1, 0.15) is 37.1 Å². The molecule has 1 fully saturated rings. The fourth-order valence-corrected chi connectivity index (χ4v) is 3.25. The smallest absolute Gasteiger partial charge is 0.220 e. The highest BCUT2D eigenvalue weighted by Crippen LogP contribution is 2.22. The van der Waals surface area contributed by atoms with Crippen molar-refractivity contribution in [1.82, 2.24) is 20.4 Å². The summed E-state index contributed by atoms with van der Waals surface area (Å²) >= 11 is 0. The van der Waals surface area contributed by atoms with Gasteiger partial charge in [0.1, 0.15) is 5.82 Å². The molecule has 134 valence electrons. The summed E-state index contributed by atoms with van der Waals surface area (Å²) in [5, 5.41) is 6.65. The normalized spacial score (nSPS) is 18.2. The first-order valence-electron chi connectivity index (χ1n) is 8.68. The lowest BCUT2D eigenvalue weighted by molar-refractivity contribution is -0.121. The van der Waals surface area contributed by atoms with Crippen LogP contribution in [0.3, 0.4) is 0 Å². The Labute approximate surface area is 146 Å². The molecule has 1 saturated heterocycles. The van der Waals surface area contributed by atoms with Crippen molar-refractivity contribution in [2.24, 2.45) is 5.92 Å². The zero-order chi connectivity index (χ0) is 17.5. The van der Waals surface area contributed by atoms with Gasteiger partial charge in [0.25, 0.3) is 0 Å². The number of benzene rings is 1. The second kappa shape index (κ2) is 8.71. The zero-order valence-electron chi connectivity index (χ0n) is 14.2. The summed E-state index contributed by atoms with van der Waals surface area (Å²) in [5.41, 5.74) is 0.514. The summed E-state index contributed by atoms with van der Waals surface area (Å²) in [4.78, 5) is 18.4. The van der Waals surface area contributed by atoms with E-state index in [2.05, 4.69) is 20.4 Å². The number of hydrogen-bond donors (Lipinski definition) is 1. The van der Waals surface area contributed by atoms with Gasteiger partial charge in [0.2, 0.25) is 12.3 Å². The number of aromatic nitrogens is 2. The van der Waals surface area contributed by atoms with Crippen LogP contribution in [0.25, 0.3) is 0 Å². The average Bonchev–Trinajstić information content (AvgIpc) is 3.12. The molecule has 25 heavy (non-hydrogen) atoms. The van der Waals surface area contributed by atoms with Crippen LogP contribution in [0, 0.1) is 11.7 Å². The molecule has 2 aromatic rings. The van der Waals surface area contributed by atoms with Gasteiger partial charge in [0, 0.05) is 25.1 Å². The van der Waals surface area contributed by atoms with Crippen LogP contribution in [0.5, 0.6) is 0 Å². The van der Waals surface area contributed by atoms with Crippen LogP contribution in [0.15, 0.2) is 35.2 Å². The van der Waals surface area contributed by atoms with Gasteiger partial charge in [-0.15, -0.1) is 0 Å². The fraction of sp³-hybridized carbons (Fsp3) is 0.500. The van der Waals surface area contributed by atoms with E-state index in [1.807, 2.05) is 0 Å². The van der Waals surface area contributed by atoms with Crippen LogP contribution < -0.4 is 5.32 Å². The fourth-order valence-electron chi connectivity index (χ4n) is 3.25. The summed E-state index contributed by atoms with van der Waals surface area (Å²) < 4.78 is 18.3. The highest BCUT2D eigenvalue weighted by atomic mass is 19.1. The molecule has 6 nitrogen and oxygen atoms in total. The van der Waals surface area contributed by atoms with Crippen LogP contribution in [0.2, 0.25) is 0 Å². The third-order valence-corrected chi connectivity index (χ3v) is 4.59. The van der Waals surface area contributed by atoms with Gasteiger partial charge in [0.15, 0.2) is 5.82 Å². The first-order valence-corrected chi connectivity index (χ1v) is 8.68. The number of nitrogens with one attached hydrogen (secondary N) is 1. The van der Waals surface area contributed by atoms with E-state index in [4.69, 9.17) is 4.52 Å². The lowest BCUT2D eigenvalue weighted by Gasteiger charge is -2.31. The van der Waals surface area contributed by atoms with E-state index in [-0.39, 0.29) is 18.3 Å². The SMILES string of the molecule is O=C(CC[C@H]1CCCN(Cc2ncon2)C1)NCc1ccccc1F. The van der Waals surface area contributed by atoms with Crippen molar-refractivity contribution < 1.29 is 13.7 Å². The van der Waals surface area contributed by atoms with Gasteiger partial charge in [-0.25, -0.2) is 4.39 Å². The molecule has 3 rings (SSSR count). The predicted molar refractivity (Wildman–Crippen MR) is 89.8 cm³/mol. The molecule has 0 unspecified atom stereocenters. The molecular weight excluding hydrogens is 323 g/mol. The Morgan fingerprint density at radius 2 is 2.28 bits per heavy atom. The number of likely N-dealkylation sites (tertiary alicyclic amines) is 1. The molecule has 1 amide bonds. The molecule has 0 bridgehead atoms. The van der Waals surface area contributed by atoms with E-state index in [1.165, 1.54) is 12.5 Å². The second-order valence-corrected chi connectivity index (χ2v) is 6.50. The Hall–Kier alpha value is -2.28.